The van der Waals surface area contributed by atoms with Crippen LogP contribution in [0.1, 0.15) is 18.3 Å². The topological polar surface area (TPSA) is 81.7 Å². The van der Waals surface area contributed by atoms with E-state index in [1.54, 1.807) is 12.5 Å². The molecule has 17 heavy (non-hydrogen) atoms. The van der Waals surface area contributed by atoms with Crippen molar-refractivity contribution in [3.8, 4) is 0 Å². The van der Waals surface area contributed by atoms with Gasteiger partial charge >= 0.3 is 0 Å². The van der Waals surface area contributed by atoms with Gasteiger partial charge in [0.2, 0.25) is 0 Å². The second-order valence-electron chi connectivity index (χ2n) is 3.82. The first kappa shape index (κ1) is 11.4. The fraction of sp³-hybridized carbons (Fsp3) is 0.364. The van der Waals surface area contributed by atoms with E-state index in [1.807, 2.05) is 17.6 Å². The Morgan fingerprint density at radius 2 is 2.29 bits per heavy atom. The molecule has 0 fully saturated rings. The Balaban J connectivity index is 2.07. The molecule has 0 aliphatic heterocycles. The van der Waals surface area contributed by atoms with E-state index in [4.69, 9.17) is 5.73 Å². The summed E-state index contributed by atoms with van der Waals surface area (Å²) in [6.45, 7) is 5.49. The van der Waals surface area contributed by atoms with Crippen LogP contribution in [0.4, 0.5) is 11.5 Å². The average molecular weight is 232 g/mol. The van der Waals surface area contributed by atoms with Gasteiger partial charge in [-0.2, -0.15) is 0 Å². The third kappa shape index (κ3) is 2.52. The van der Waals surface area contributed by atoms with Gasteiger partial charge in [0, 0.05) is 6.54 Å². The third-order valence-corrected chi connectivity index (χ3v) is 2.55. The number of nitrogens with zero attached hydrogens (tertiary/aromatic N) is 4. The lowest BCUT2D eigenvalue weighted by Gasteiger charge is -2.09. The minimum absolute atomic E-state index is 0.603. The Hall–Kier alpha value is -2.11. The standard InChI is InChI=1S/C11H16N6/c1-3-17-7-15-16-10(17)6-14-11-8(2)4-9(12)5-13-11/h4-5,7H,3,6,12H2,1-2H3,(H,13,14). The van der Waals surface area contributed by atoms with Crippen molar-refractivity contribution in [2.45, 2.75) is 26.9 Å². The van der Waals surface area contributed by atoms with E-state index in [-0.39, 0.29) is 0 Å². The number of nitrogens with one attached hydrogen (secondary N) is 1. The van der Waals surface area contributed by atoms with Crippen LogP contribution in [0.5, 0.6) is 0 Å². The number of aryl methyl sites for hydroxylation is 2. The van der Waals surface area contributed by atoms with Crippen LogP contribution in [0.3, 0.4) is 0 Å². The quantitative estimate of drug-likeness (QED) is 0.827. The largest absolute Gasteiger partial charge is 0.397 e. The molecular formula is C11H16N6. The molecule has 2 aromatic heterocycles. The van der Waals surface area contributed by atoms with Gasteiger partial charge in [0.15, 0.2) is 5.82 Å². The number of rotatable bonds is 4. The summed E-state index contributed by atoms with van der Waals surface area (Å²) >= 11 is 0. The van der Waals surface area contributed by atoms with Crippen molar-refractivity contribution in [2.24, 2.45) is 0 Å². The van der Waals surface area contributed by atoms with Gasteiger partial charge in [-0.25, -0.2) is 4.98 Å². The van der Waals surface area contributed by atoms with Gasteiger partial charge in [-0.3, -0.25) is 0 Å². The van der Waals surface area contributed by atoms with Crippen LogP contribution in [0.25, 0.3) is 0 Å². The lowest BCUT2D eigenvalue weighted by molar-refractivity contribution is 0.707. The number of anilines is 2. The first-order chi connectivity index (χ1) is 8.20. The van der Waals surface area contributed by atoms with Crippen molar-refractivity contribution < 1.29 is 0 Å². The third-order valence-electron chi connectivity index (χ3n) is 2.55. The Morgan fingerprint density at radius 1 is 1.47 bits per heavy atom. The fourth-order valence-corrected chi connectivity index (χ4v) is 1.62. The van der Waals surface area contributed by atoms with Crippen LogP contribution in [0.15, 0.2) is 18.6 Å². The molecule has 0 spiro atoms. The van der Waals surface area contributed by atoms with E-state index in [2.05, 4.69) is 27.4 Å². The van der Waals surface area contributed by atoms with Crippen LogP contribution in [-0.2, 0) is 13.1 Å². The van der Waals surface area contributed by atoms with Crippen molar-refractivity contribution in [1.82, 2.24) is 19.7 Å². The van der Waals surface area contributed by atoms with Crippen molar-refractivity contribution in [1.29, 1.82) is 0 Å². The summed E-state index contributed by atoms with van der Waals surface area (Å²) in [5.74, 6) is 1.72. The zero-order valence-electron chi connectivity index (χ0n) is 10.0. The highest BCUT2D eigenvalue weighted by Gasteiger charge is 2.04. The molecule has 0 aliphatic carbocycles. The van der Waals surface area contributed by atoms with E-state index in [0.717, 1.165) is 23.8 Å². The van der Waals surface area contributed by atoms with Crippen molar-refractivity contribution in [3.05, 3.63) is 30.0 Å². The summed E-state index contributed by atoms with van der Waals surface area (Å²) in [6.07, 6.45) is 3.36. The summed E-state index contributed by atoms with van der Waals surface area (Å²) in [7, 11) is 0. The molecule has 0 amide bonds. The normalized spacial score (nSPS) is 10.5. The summed E-state index contributed by atoms with van der Waals surface area (Å²) in [5, 5.41) is 11.1. The number of hydrogen-bond donors (Lipinski definition) is 2. The predicted molar refractivity (Wildman–Crippen MR) is 66.4 cm³/mol. The van der Waals surface area contributed by atoms with E-state index in [9.17, 15) is 0 Å². The van der Waals surface area contributed by atoms with Crippen molar-refractivity contribution in [2.75, 3.05) is 11.1 Å². The summed E-state index contributed by atoms with van der Waals surface area (Å²) in [4.78, 5) is 4.24. The van der Waals surface area contributed by atoms with E-state index in [1.165, 1.54) is 0 Å². The molecule has 0 unspecified atom stereocenters. The molecule has 2 heterocycles. The number of nitrogen functional groups attached to an aromatic ring is 1. The maximum atomic E-state index is 5.65. The minimum Gasteiger partial charge on any atom is -0.397 e. The van der Waals surface area contributed by atoms with Gasteiger partial charge in [0.1, 0.15) is 12.1 Å². The number of aromatic nitrogens is 4. The second kappa shape index (κ2) is 4.82. The SMILES string of the molecule is CCn1cnnc1CNc1ncc(N)cc1C. The number of nitrogens with two attached hydrogens (primary N) is 1. The highest BCUT2D eigenvalue weighted by Crippen LogP contribution is 2.14. The molecule has 90 valence electrons. The fourth-order valence-electron chi connectivity index (χ4n) is 1.62. The molecule has 2 aromatic rings. The predicted octanol–water partition coefficient (Wildman–Crippen LogP) is 1.20. The second-order valence-corrected chi connectivity index (χ2v) is 3.82. The van der Waals surface area contributed by atoms with Gasteiger partial charge < -0.3 is 15.6 Å². The van der Waals surface area contributed by atoms with E-state index < -0.39 is 0 Å². The average Bonchev–Trinajstić information content (AvgIpc) is 2.75. The monoisotopic (exact) mass is 232 g/mol. The molecule has 0 aromatic carbocycles. The summed E-state index contributed by atoms with van der Waals surface area (Å²) in [5.41, 5.74) is 7.34. The van der Waals surface area contributed by atoms with Crippen LogP contribution in [0.2, 0.25) is 0 Å². The molecule has 0 saturated heterocycles. The van der Waals surface area contributed by atoms with Crippen LogP contribution < -0.4 is 11.1 Å². The molecule has 0 radical (unpaired) electrons. The van der Waals surface area contributed by atoms with Gasteiger partial charge in [-0.05, 0) is 25.5 Å². The molecule has 0 aliphatic rings. The van der Waals surface area contributed by atoms with Gasteiger partial charge in [-0.1, -0.05) is 0 Å². The molecule has 2 rings (SSSR count). The number of pyridine rings is 1. The van der Waals surface area contributed by atoms with Crippen LogP contribution in [0, 0.1) is 6.92 Å². The maximum Gasteiger partial charge on any atom is 0.152 e. The zero-order valence-corrected chi connectivity index (χ0v) is 10.0. The molecule has 6 heteroatoms. The minimum atomic E-state index is 0.603. The number of hydrogen-bond acceptors (Lipinski definition) is 5. The molecule has 0 saturated carbocycles. The Labute approximate surface area is 99.9 Å². The Bertz CT molecular complexity index is 504. The Kier molecular flexibility index (Phi) is 3.22. The first-order valence-corrected chi connectivity index (χ1v) is 5.53. The van der Waals surface area contributed by atoms with Crippen LogP contribution >= 0.6 is 0 Å². The Morgan fingerprint density at radius 3 is 3.00 bits per heavy atom. The van der Waals surface area contributed by atoms with Gasteiger partial charge in [0.25, 0.3) is 0 Å². The van der Waals surface area contributed by atoms with Gasteiger partial charge in [0.05, 0.1) is 18.4 Å². The first-order valence-electron chi connectivity index (χ1n) is 5.53. The molecule has 6 nitrogen and oxygen atoms in total. The van der Waals surface area contributed by atoms with Crippen LogP contribution in [-0.4, -0.2) is 19.7 Å². The lowest BCUT2D eigenvalue weighted by atomic mass is 10.2. The van der Waals surface area contributed by atoms with E-state index in [0.29, 0.717) is 12.2 Å². The summed E-state index contributed by atoms with van der Waals surface area (Å²) < 4.78 is 1.99. The highest BCUT2D eigenvalue weighted by atomic mass is 15.3. The molecule has 3 N–H and O–H groups in total. The zero-order chi connectivity index (χ0) is 12.3. The molecular weight excluding hydrogens is 216 g/mol. The van der Waals surface area contributed by atoms with Crippen molar-refractivity contribution >= 4 is 11.5 Å². The van der Waals surface area contributed by atoms with Gasteiger partial charge in [-0.15, -0.1) is 10.2 Å². The maximum absolute atomic E-state index is 5.65. The molecule has 0 atom stereocenters. The summed E-state index contributed by atoms with van der Waals surface area (Å²) in [6, 6.07) is 1.89. The highest BCUT2D eigenvalue weighted by molar-refractivity contribution is 5.50. The molecule has 0 bridgehead atoms. The van der Waals surface area contributed by atoms with E-state index >= 15 is 0 Å². The smallest absolute Gasteiger partial charge is 0.152 e. The van der Waals surface area contributed by atoms with Crippen molar-refractivity contribution in [3.63, 3.8) is 0 Å². The lowest BCUT2D eigenvalue weighted by Crippen LogP contribution is -2.09.